The molecule has 16 heavy (non-hydrogen) atoms. The van der Waals surface area contributed by atoms with E-state index in [0.717, 1.165) is 42.9 Å². The third-order valence-corrected chi connectivity index (χ3v) is 2.65. The van der Waals surface area contributed by atoms with Gasteiger partial charge in [0.2, 0.25) is 0 Å². The van der Waals surface area contributed by atoms with Crippen LogP contribution >= 0.6 is 24.0 Å². The number of benzene rings is 1. The number of aliphatic hydroxyl groups excluding tert-OH is 1. The van der Waals surface area contributed by atoms with E-state index < -0.39 is 0 Å². The summed E-state index contributed by atoms with van der Waals surface area (Å²) in [5.41, 5.74) is 1.14. The lowest BCUT2D eigenvalue weighted by molar-refractivity contribution is 0.283. The predicted octanol–water partition coefficient (Wildman–Crippen LogP) is 3.01. The standard InChI is InChI=1S/C12H18ClNO.ClH/c13-12-7-3-2-6-11(12)10-14-8-4-1-5-9-15;/h2-3,6-7,14-15H,1,4-5,8-10H2;1H. The number of rotatable bonds is 7. The average molecular weight is 264 g/mol. The van der Waals surface area contributed by atoms with Crippen molar-refractivity contribution < 1.29 is 5.11 Å². The highest BCUT2D eigenvalue weighted by Crippen LogP contribution is 2.14. The second-order valence-electron chi connectivity index (χ2n) is 3.55. The summed E-state index contributed by atoms with van der Waals surface area (Å²) in [6.07, 6.45) is 3.07. The Morgan fingerprint density at radius 2 is 1.88 bits per heavy atom. The molecule has 2 N–H and O–H groups in total. The van der Waals surface area contributed by atoms with E-state index in [4.69, 9.17) is 16.7 Å². The lowest BCUT2D eigenvalue weighted by atomic mass is 10.2. The molecule has 2 nitrogen and oxygen atoms in total. The Hall–Kier alpha value is -0.280. The van der Waals surface area contributed by atoms with Crippen molar-refractivity contribution in [2.24, 2.45) is 0 Å². The highest BCUT2D eigenvalue weighted by Gasteiger charge is 1.97. The molecule has 4 heteroatoms. The minimum Gasteiger partial charge on any atom is -0.396 e. The van der Waals surface area contributed by atoms with Gasteiger partial charge in [0.15, 0.2) is 0 Å². The van der Waals surface area contributed by atoms with Crippen LogP contribution in [0.5, 0.6) is 0 Å². The first-order chi connectivity index (χ1) is 7.34. The Morgan fingerprint density at radius 1 is 1.12 bits per heavy atom. The lowest BCUT2D eigenvalue weighted by Crippen LogP contribution is -2.14. The summed E-state index contributed by atoms with van der Waals surface area (Å²) in [7, 11) is 0. The summed E-state index contributed by atoms with van der Waals surface area (Å²) in [5, 5.41) is 12.8. The molecule has 0 aliphatic heterocycles. The fraction of sp³-hybridized carbons (Fsp3) is 0.500. The number of hydrogen-bond acceptors (Lipinski definition) is 2. The smallest absolute Gasteiger partial charge is 0.0450 e. The summed E-state index contributed by atoms with van der Waals surface area (Å²) in [4.78, 5) is 0. The molecular weight excluding hydrogens is 245 g/mol. The summed E-state index contributed by atoms with van der Waals surface area (Å²) in [5.74, 6) is 0. The number of unbranched alkanes of at least 4 members (excludes halogenated alkanes) is 2. The normalized spacial score (nSPS) is 9.88. The van der Waals surface area contributed by atoms with Gasteiger partial charge in [0.1, 0.15) is 0 Å². The number of hydrogen-bond donors (Lipinski definition) is 2. The molecule has 0 saturated heterocycles. The summed E-state index contributed by atoms with van der Waals surface area (Å²) < 4.78 is 0. The van der Waals surface area contributed by atoms with Crippen molar-refractivity contribution in [3.05, 3.63) is 34.9 Å². The molecule has 0 aromatic heterocycles. The molecule has 1 rings (SSSR count). The van der Waals surface area contributed by atoms with Crippen molar-refractivity contribution in [2.45, 2.75) is 25.8 Å². The van der Waals surface area contributed by atoms with Crippen LogP contribution in [0.15, 0.2) is 24.3 Å². The van der Waals surface area contributed by atoms with E-state index in [1.807, 2.05) is 24.3 Å². The van der Waals surface area contributed by atoms with Gasteiger partial charge in [-0.3, -0.25) is 0 Å². The molecule has 0 radical (unpaired) electrons. The van der Waals surface area contributed by atoms with E-state index in [9.17, 15) is 0 Å². The Bertz CT molecular complexity index is 281. The van der Waals surface area contributed by atoms with Gasteiger partial charge in [0.25, 0.3) is 0 Å². The zero-order valence-corrected chi connectivity index (χ0v) is 10.9. The maximum atomic E-state index is 8.60. The van der Waals surface area contributed by atoms with Crippen molar-refractivity contribution in [1.29, 1.82) is 0 Å². The Labute approximate surface area is 108 Å². The van der Waals surface area contributed by atoms with Gasteiger partial charge in [-0.25, -0.2) is 0 Å². The maximum Gasteiger partial charge on any atom is 0.0450 e. The molecule has 0 amide bonds. The molecule has 92 valence electrons. The van der Waals surface area contributed by atoms with Crippen molar-refractivity contribution >= 4 is 24.0 Å². The first-order valence-corrected chi connectivity index (χ1v) is 5.77. The monoisotopic (exact) mass is 263 g/mol. The van der Waals surface area contributed by atoms with Gasteiger partial charge >= 0.3 is 0 Å². The molecule has 0 aliphatic carbocycles. The first-order valence-electron chi connectivity index (χ1n) is 5.39. The minimum atomic E-state index is 0. The molecule has 0 fully saturated rings. The second kappa shape index (κ2) is 9.91. The molecule has 0 saturated carbocycles. The third kappa shape index (κ3) is 6.33. The SMILES string of the molecule is Cl.OCCCCCNCc1ccccc1Cl. The third-order valence-electron chi connectivity index (χ3n) is 2.28. The fourth-order valence-corrected chi connectivity index (χ4v) is 1.61. The van der Waals surface area contributed by atoms with Gasteiger partial charge in [-0.05, 0) is 37.4 Å². The molecule has 0 unspecified atom stereocenters. The number of aliphatic hydroxyl groups is 1. The van der Waals surface area contributed by atoms with Crippen LogP contribution in [-0.4, -0.2) is 18.3 Å². The average Bonchev–Trinajstić information content (AvgIpc) is 2.25. The minimum absolute atomic E-state index is 0. The van der Waals surface area contributed by atoms with Gasteiger partial charge in [0, 0.05) is 18.2 Å². The topological polar surface area (TPSA) is 32.3 Å². The second-order valence-corrected chi connectivity index (χ2v) is 3.96. The number of halogens is 2. The Kier molecular flexibility index (Phi) is 9.74. The molecule has 0 aliphatic rings. The van der Waals surface area contributed by atoms with Crippen LogP contribution in [0.3, 0.4) is 0 Å². The fourth-order valence-electron chi connectivity index (χ4n) is 1.40. The van der Waals surface area contributed by atoms with E-state index in [2.05, 4.69) is 5.32 Å². The Balaban J connectivity index is 0.00000225. The van der Waals surface area contributed by atoms with Crippen LogP contribution in [-0.2, 0) is 6.54 Å². The Morgan fingerprint density at radius 3 is 2.56 bits per heavy atom. The van der Waals surface area contributed by atoms with Gasteiger partial charge in [0.05, 0.1) is 0 Å². The van der Waals surface area contributed by atoms with Crippen molar-refractivity contribution in [1.82, 2.24) is 5.32 Å². The van der Waals surface area contributed by atoms with Crippen molar-refractivity contribution in [3.8, 4) is 0 Å². The highest BCUT2D eigenvalue weighted by molar-refractivity contribution is 6.31. The van der Waals surface area contributed by atoms with Crippen LogP contribution in [0.2, 0.25) is 5.02 Å². The largest absolute Gasteiger partial charge is 0.396 e. The van der Waals surface area contributed by atoms with Crippen LogP contribution in [0, 0.1) is 0 Å². The van der Waals surface area contributed by atoms with E-state index in [1.54, 1.807) is 0 Å². The molecule has 1 aromatic rings. The van der Waals surface area contributed by atoms with Gasteiger partial charge in [-0.2, -0.15) is 0 Å². The van der Waals surface area contributed by atoms with E-state index in [-0.39, 0.29) is 12.4 Å². The molecular formula is C12H19Cl2NO. The molecule has 0 bridgehead atoms. The van der Waals surface area contributed by atoms with Gasteiger partial charge < -0.3 is 10.4 Å². The van der Waals surface area contributed by atoms with Crippen LogP contribution in [0.4, 0.5) is 0 Å². The first kappa shape index (κ1) is 15.7. The van der Waals surface area contributed by atoms with E-state index >= 15 is 0 Å². The summed E-state index contributed by atoms with van der Waals surface area (Å²) >= 11 is 6.01. The summed E-state index contributed by atoms with van der Waals surface area (Å²) in [6, 6.07) is 7.87. The quantitative estimate of drug-likeness (QED) is 0.742. The van der Waals surface area contributed by atoms with Gasteiger partial charge in [-0.15, -0.1) is 12.4 Å². The zero-order chi connectivity index (χ0) is 10.9. The van der Waals surface area contributed by atoms with Crippen molar-refractivity contribution in [2.75, 3.05) is 13.2 Å². The van der Waals surface area contributed by atoms with Crippen molar-refractivity contribution in [3.63, 3.8) is 0 Å². The van der Waals surface area contributed by atoms with Crippen LogP contribution in [0.1, 0.15) is 24.8 Å². The highest BCUT2D eigenvalue weighted by atomic mass is 35.5. The predicted molar refractivity (Wildman–Crippen MR) is 71.3 cm³/mol. The van der Waals surface area contributed by atoms with Crippen LogP contribution < -0.4 is 5.32 Å². The zero-order valence-electron chi connectivity index (χ0n) is 9.29. The van der Waals surface area contributed by atoms with E-state index in [1.165, 1.54) is 0 Å². The molecule has 1 aromatic carbocycles. The summed E-state index contributed by atoms with van der Waals surface area (Å²) in [6.45, 7) is 2.09. The van der Waals surface area contributed by atoms with Gasteiger partial charge in [-0.1, -0.05) is 29.8 Å². The molecule has 0 spiro atoms. The maximum absolute atomic E-state index is 8.60. The van der Waals surface area contributed by atoms with E-state index in [0.29, 0.717) is 6.61 Å². The lowest BCUT2D eigenvalue weighted by Gasteiger charge is -2.06. The molecule has 0 heterocycles. The number of nitrogens with one attached hydrogen (secondary N) is 1. The molecule has 0 atom stereocenters. The van der Waals surface area contributed by atoms with Crippen LogP contribution in [0.25, 0.3) is 0 Å².